The predicted molar refractivity (Wildman–Crippen MR) is 189 cm³/mol. The summed E-state index contributed by atoms with van der Waals surface area (Å²) in [5.74, 6) is 0.0624. The van der Waals surface area contributed by atoms with Gasteiger partial charge in [0.25, 0.3) is 0 Å². The van der Waals surface area contributed by atoms with E-state index in [-0.39, 0.29) is 17.6 Å². The van der Waals surface area contributed by atoms with E-state index in [9.17, 15) is 9.18 Å². The Bertz CT molecular complexity index is 1430. The van der Waals surface area contributed by atoms with Crippen LogP contribution in [0.3, 0.4) is 0 Å². The summed E-state index contributed by atoms with van der Waals surface area (Å²) in [5, 5.41) is 0. The van der Waals surface area contributed by atoms with Crippen molar-refractivity contribution in [2.45, 2.75) is 101 Å². The van der Waals surface area contributed by atoms with Crippen LogP contribution < -0.4 is 0 Å². The number of hydrogen-bond donors (Lipinski definition) is 0. The second-order valence-electron chi connectivity index (χ2n) is 10.1. The molecule has 44 heavy (non-hydrogen) atoms. The zero-order valence-electron chi connectivity index (χ0n) is 28.7. The van der Waals surface area contributed by atoms with E-state index in [1.165, 1.54) is 22.8 Å². The zero-order valence-corrected chi connectivity index (χ0v) is 28.7. The van der Waals surface area contributed by atoms with E-state index < -0.39 is 0 Å². The van der Waals surface area contributed by atoms with Crippen LogP contribution in [0, 0.1) is 19.7 Å². The molecule has 0 saturated carbocycles. The van der Waals surface area contributed by atoms with Gasteiger partial charge in [0.15, 0.2) is 5.78 Å². The molecule has 0 radical (unpaired) electrons. The molecule has 0 fully saturated rings. The van der Waals surface area contributed by atoms with Crippen molar-refractivity contribution in [3.05, 3.63) is 124 Å². The number of nitrogens with zero attached hydrogens (tertiary/aromatic N) is 2. The van der Waals surface area contributed by atoms with Crippen LogP contribution in [0.5, 0.6) is 0 Å². The number of halogens is 1. The smallest absolute Gasteiger partial charge is 0.162 e. The highest BCUT2D eigenvalue weighted by Gasteiger charge is 2.12. The number of carbonyl (C=O) groups excluding carboxylic acids is 1. The highest BCUT2D eigenvalue weighted by molar-refractivity contribution is 6.00. The largest absolute Gasteiger partial charge is 0.294 e. The first kappa shape index (κ1) is 38.1. The average Bonchev–Trinajstić information content (AvgIpc) is 3.08. The summed E-state index contributed by atoms with van der Waals surface area (Å²) in [6, 6.07) is 23.8. The Balaban J connectivity index is 0.000000578. The molecule has 0 amide bonds. The second kappa shape index (κ2) is 20.9. The Hall–Kier alpha value is -3.92. The number of rotatable bonds is 9. The molecule has 1 aromatic heterocycles. The molecule has 0 bridgehead atoms. The average molecular weight is 597 g/mol. The summed E-state index contributed by atoms with van der Waals surface area (Å²) in [4.78, 5) is 21.2. The van der Waals surface area contributed by atoms with Crippen LogP contribution in [0.1, 0.15) is 119 Å². The first-order chi connectivity index (χ1) is 21.3. The standard InChI is InChI=1S/C27H30N2O.C9H11F.2C2H6/c1-5-8-26(24-9-7-16-28-18-24)29-20(4)25-15-14-23(17-19(25)3)21-10-12-22(13-11-21)27(30)6-2;1-3-8-4-5-9(10)7(2)6-8;2*1-2/h7,9-18,26H,5-6,8H2,1-4H3;4-6H,3H2,1-2H3;2*1-2H3. The van der Waals surface area contributed by atoms with Gasteiger partial charge in [0.05, 0.1) is 6.04 Å². The van der Waals surface area contributed by atoms with E-state index in [2.05, 4.69) is 56.9 Å². The van der Waals surface area contributed by atoms with E-state index in [0.29, 0.717) is 6.42 Å². The maximum absolute atomic E-state index is 12.6. The summed E-state index contributed by atoms with van der Waals surface area (Å²) in [5.41, 5.74) is 9.54. The molecule has 1 heterocycles. The second-order valence-corrected chi connectivity index (χ2v) is 10.1. The van der Waals surface area contributed by atoms with Gasteiger partial charge in [-0.15, -0.1) is 0 Å². The van der Waals surface area contributed by atoms with Crippen molar-refractivity contribution in [1.82, 2.24) is 4.98 Å². The first-order valence-corrected chi connectivity index (χ1v) is 16.2. The zero-order chi connectivity index (χ0) is 33.1. The number of aryl methyl sites for hydroxylation is 3. The molecule has 3 nitrogen and oxygen atoms in total. The van der Waals surface area contributed by atoms with Crippen LogP contribution in [0.15, 0.2) is 90.2 Å². The number of aromatic nitrogens is 1. The van der Waals surface area contributed by atoms with Crippen LogP contribution in [0.25, 0.3) is 11.1 Å². The van der Waals surface area contributed by atoms with Gasteiger partial charge in [-0.1, -0.05) is 116 Å². The molecule has 1 atom stereocenters. The summed E-state index contributed by atoms with van der Waals surface area (Å²) in [6.45, 7) is 20.1. The van der Waals surface area contributed by atoms with Gasteiger partial charge in [0.2, 0.25) is 0 Å². The Morgan fingerprint density at radius 3 is 2.02 bits per heavy atom. The molecule has 0 N–H and O–H groups in total. The normalized spacial score (nSPS) is 11.1. The van der Waals surface area contributed by atoms with Crippen LogP contribution >= 0.6 is 0 Å². The third kappa shape index (κ3) is 11.6. The summed E-state index contributed by atoms with van der Waals surface area (Å²) in [6.07, 6.45) is 7.30. The highest BCUT2D eigenvalue weighted by Crippen LogP contribution is 2.26. The molecule has 3 aromatic carbocycles. The Morgan fingerprint density at radius 1 is 0.841 bits per heavy atom. The first-order valence-electron chi connectivity index (χ1n) is 16.2. The van der Waals surface area contributed by atoms with Crippen molar-refractivity contribution in [2.24, 2.45) is 4.99 Å². The third-order valence-corrected chi connectivity index (χ3v) is 7.09. The van der Waals surface area contributed by atoms with Gasteiger partial charge in [-0.05, 0) is 84.7 Å². The molecule has 0 aliphatic rings. The molecule has 0 spiro atoms. The number of pyridine rings is 1. The quantitative estimate of drug-likeness (QED) is 0.142. The molecule has 4 aromatic rings. The van der Waals surface area contributed by atoms with Gasteiger partial charge in [0.1, 0.15) is 5.82 Å². The van der Waals surface area contributed by atoms with Gasteiger partial charge in [-0.2, -0.15) is 0 Å². The molecule has 236 valence electrons. The van der Waals surface area contributed by atoms with Crippen molar-refractivity contribution in [2.75, 3.05) is 0 Å². The lowest BCUT2D eigenvalue weighted by Crippen LogP contribution is -2.04. The van der Waals surface area contributed by atoms with Crippen LogP contribution in [-0.2, 0) is 6.42 Å². The Morgan fingerprint density at radius 2 is 1.50 bits per heavy atom. The maximum atomic E-state index is 12.6. The van der Waals surface area contributed by atoms with E-state index in [1.54, 1.807) is 13.1 Å². The number of benzene rings is 3. The molecule has 0 aliphatic heterocycles. The van der Waals surface area contributed by atoms with Crippen molar-refractivity contribution in [3.8, 4) is 11.1 Å². The minimum atomic E-state index is -0.114. The molecule has 4 heteroatoms. The lowest BCUT2D eigenvalue weighted by Gasteiger charge is -2.15. The van der Waals surface area contributed by atoms with Crippen LogP contribution in [0.4, 0.5) is 4.39 Å². The van der Waals surface area contributed by atoms with Crippen molar-refractivity contribution in [1.29, 1.82) is 0 Å². The fourth-order valence-corrected chi connectivity index (χ4v) is 4.68. The van der Waals surface area contributed by atoms with Crippen LogP contribution in [-0.4, -0.2) is 16.5 Å². The summed E-state index contributed by atoms with van der Waals surface area (Å²) >= 11 is 0. The molecule has 1 unspecified atom stereocenters. The number of hydrogen-bond acceptors (Lipinski definition) is 3. The molecular formula is C40H53FN2O. The van der Waals surface area contributed by atoms with E-state index >= 15 is 0 Å². The summed E-state index contributed by atoms with van der Waals surface area (Å²) in [7, 11) is 0. The van der Waals surface area contributed by atoms with Gasteiger partial charge in [0, 0.05) is 30.1 Å². The predicted octanol–water partition coefficient (Wildman–Crippen LogP) is 11.7. The van der Waals surface area contributed by atoms with Crippen molar-refractivity contribution >= 4 is 11.5 Å². The maximum Gasteiger partial charge on any atom is 0.162 e. The lowest BCUT2D eigenvalue weighted by atomic mass is 9.96. The number of Topliss-reactive ketones (excluding diaryl/α,β-unsaturated/α-hetero) is 1. The lowest BCUT2D eigenvalue weighted by molar-refractivity contribution is 0.0988. The van der Waals surface area contributed by atoms with E-state index in [0.717, 1.165) is 52.8 Å². The molecular weight excluding hydrogens is 543 g/mol. The fourth-order valence-electron chi connectivity index (χ4n) is 4.68. The minimum Gasteiger partial charge on any atom is -0.294 e. The van der Waals surface area contributed by atoms with Gasteiger partial charge >= 0.3 is 0 Å². The monoisotopic (exact) mass is 596 g/mol. The molecule has 0 aliphatic carbocycles. The van der Waals surface area contributed by atoms with Crippen molar-refractivity contribution < 1.29 is 9.18 Å². The van der Waals surface area contributed by atoms with E-state index in [4.69, 9.17) is 4.99 Å². The number of ketones is 1. The third-order valence-electron chi connectivity index (χ3n) is 7.09. The Labute approximate surface area is 266 Å². The van der Waals surface area contributed by atoms with Gasteiger partial charge in [-0.3, -0.25) is 14.8 Å². The van der Waals surface area contributed by atoms with Gasteiger partial charge < -0.3 is 0 Å². The topological polar surface area (TPSA) is 42.3 Å². The summed E-state index contributed by atoms with van der Waals surface area (Å²) < 4.78 is 12.6. The Kier molecular flexibility index (Phi) is 18.1. The number of carbonyl (C=O) groups is 1. The van der Waals surface area contributed by atoms with Gasteiger partial charge in [-0.25, -0.2) is 4.39 Å². The highest BCUT2D eigenvalue weighted by atomic mass is 19.1. The molecule has 0 saturated heterocycles. The van der Waals surface area contributed by atoms with Crippen LogP contribution in [0.2, 0.25) is 0 Å². The molecule has 4 rings (SSSR count). The minimum absolute atomic E-state index is 0.114. The SMILES string of the molecule is CC.CC.CCCC(N=C(C)c1ccc(-c2ccc(C(=O)CC)cc2)cc1C)c1cccnc1.CCc1ccc(F)c(C)c1. The number of aliphatic imine (C=N–C) groups is 1. The van der Waals surface area contributed by atoms with E-state index in [1.807, 2.05) is 83.3 Å². The van der Waals surface area contributed by atoms with Crippen molar-refractivity contribution in [3.63, 3.8) is 0 Å². The fraction of sp³-hybridized carbons (Fsp3) is 0.375.